The molecule has 0 saturated heterocycles. The van der Waals surface area contributed by atoms with Gasteiger partial charge in [0.05, 0.1) is 12.7 Å². The van der Waals surface area contributed by atoms with Crippen LogP contribution in [0.1, 0.15) is 18.4 Å². The highest BCUT2D eigenvalue weighted by Gasteiger charge is 2.27. The Morgan fingerprint density at radius 3 is 2.53 bits per heavy atom. The second kappa shape index (κ2) is 5.06. The van der Waals surface area contributed by atoms with E-state index in [2.05, 4.69) is 5.32 Å². The SMILES string of the molecule is COc1ccc(C2C=C(C)NC(N)=C2C(=O)O)cc1. The summed E-state index contributed by atoms with van der Waals surface area (Å²) in [6.07, 6.45) is 1.85. The third-order valence-corrected chi connectivity index (χ3v) is 3.06. The number of dihydropyridines is 1. The Hall–Kier alpha value is -2.43. The Morgan fingerprint density at radius 2 is 2.00 bits per heavy atom. The van der Waals surface area contributed by atoms with Gasteiger partial charge in [-0.3, -0.25) is 0 Å². The molecule has 4 N–H and O–H groups in total. The molecular weight excluding hydrogens is 244 g/mol. The molecular formula is C14H16N2O3. The predicted octanol–water partition coefficient (Wildman–Crippen LogP) is 1.54. The maximum Gasteiger partial charge on any atom is 0.336 e. The standard InChI is InChI=1S/C14H16N2O3/c1-8-7-11(12(14(17)18)13(15)16-8)9-3-5-10(19-2)6-4-9/h3-7,11,16H,15H2,1-2H3,(H,17,18). The van der Waals surface area contributed by atoms with Crippen LogP contribution in [0.4, 0.5) is 0 Å². The third kappa shape index (κ3) is 2.54. The van der Waals surface area contributed by atoms with E-state index in [0.717, 1.165) is 17.0 Å². The van der Waals surface area contributed by atoms with E-state index in [9.17, 15) is 9.90 Å². The van der Waals surface area contributed by atoms with Crippen molar-refractivity contribution in [3.8, 4) is 5.75 Å². The molecule has 5 nitrogen and oxygen atoms in total. The Morgan fingerprint density at radius 1 is 1.37 bits per heavy atom. The molecule has 1 atom stereocenters. The van der Waals surface area contributed by atoms with Crippen molar-refractivity contribution in [1.82, 2.24) is 5.32 Å². The quantitative estimate of drug-likeness (QED) is 0.767. The molecule has 5 heteroatoms. The molecule has 0 radical (unpaired) electrons. The fraction of sp³-hybridized carbons (Fsp3) is 0.214. The number of allylic oxidation sites excluding steroid dienone is 2. The van der Waals surface area contributed by atoms with Gasteiger partial charge >= 0.3 is 5.97 Å². The van der Waals surface area contributed by atoms with Gasteiger partial charge in [-0.2, -0.15) is 0 Å². The van der Waals surface area contributed by atoms with Crippen molar-refractivity contribution in [2.24, 2.45) is 5.73 Å². The summed E-state index contributed by atoms with van der Waals surface area (Å²) in [5.41, 5.74) is 7.64. The maximum absolute atomic E-state index is 11.3. The minimum Gasteiger partial charge on any atom is -0.497 e. The van der Waals surface area contributed by atoms with Crippen LogP contribution < -0.4 is 15.8 Å². The van der Waals surface area contributed by atoms with Gasteiger partial charge in [0, 0.05) is 11.6 Å². The van der Waals surface area contributed by atoms with Gasteiger partial charge in [0.25, 0.3) is 0 Å². The van der Waals surface area contributed by atoms with Crippen LogP contribution in [0.5, 0.6) is 5.75 Å². The van der Waals surface area contributed by atoms with Crippen LogP contribution >= 0.6 is 0 Å². The van der Waals surface area contributed by atoms with Crippen LogP contribution in [-0.2, 0) is 4.79 Å². The number of rotatable bonds is 3. The largest absolute Gasteiger partial charge is 0.497 e. The molecule has 0 aliphatic carbocycles. The van der Waals surface area contributed by atoms with Crippen LogP contribution in [0.15, 0.2) is 47.4 Å². The normalized spacial score (nSPS) is 18.6. The highest BCUT2D eigenvalue weighted by atomic mass is 16.5. The van der Waals surface area contributed by atoms with Crippen molar-refractivity contribution in [3.05, 3.63) is 53.0 Å². The summed E-state index contributed by atoms with van der Waals surface area (Å²) in [6.45, 7) is 1.85. The summed E-state index contributed by atoms with van der Waals surface area (Å²) in [5.74, 6) is -0.459. The number of aliphatic carboxylic acids is 1. The molecule has 0 fully saturated rings. The number of benzene rings is 1. The first-order valence-corrected chi connectivity index (χ1v) is 5.85. The Labute approximate surface area is 111 Å². The first-order valence-electron chi connectivity index (χ1n) is 5.85. The number of carboxylic acid groups (broad SMARTS) is 1. The highest BCUT2D eigenvalue weighted by Crippen LogP contribution is 2.31. The molecule has 1 heterocycles. The van der Waals surface area contributed by atoms with Crippen LogP contribution in [-0.4, -0.2) is 18.2 Å². The number of hydrogen-bond donors (Lipinski definition) is 3. The van der Waals surface area contributed by atoms with Crippen LogP contribution in [0.2, 0.25) is 0 Å². The van der Waals surface area contributed by atoms with Crippen molar-refractivity contribution in [1.29, 1.82) is 0 Å². The molecule has 1 aliphatic rings. The van der Waals surface area contributed by atoms with E-state index in [1.807, 2.05) is 25.1 Å². The average molecular weight is 260 g/mol. The number of methoxy groups -OCH3 is 1. The molecule has 1 aliphatic heterocycles. The van der Waals surface area contributed by atoms with Crippen molar-refractivity contribution >= 4 is 5.97 Å². The first-order chi connectivity index (χ1) is 9.02. The summed E-state index contributed by atoms with van der Waals surface area (Å²) >= 11 is 0. The van der Waals surface area contributed by atoms with Gasteiger partial charge in [-0.05, 0) is 24.6 Å². The zero-order chi connectivity index (χ0) is 14.0. The average Bonchev–Trinajstić information content (AvgIpc) is 2.37. The van der Waals surface area contributed by atoms with Crippen LogP contribution in [0.3, 0.4) is 0 Å². The molecule has 2 rings (SSSR count). The van der Waals surface area contributed by atoms with Crippen molar-refractivity contribution in [2.75, 3.05) is 7.11 Å². The molecule has 100 valence electrons. The van der Waals surface area contributed by atoms with E-state index in [1.165, 1.54) is 0 Å². The van der Waals surface area contributed by atoms with Gasteiger partial charge in [-0.25, -0.2) is 4.79 Å². The predicted molar refractivity (Wildman–Crippen MR) is 71.5 cm³/mol. The van der Waals surface area contributed by atoms with Gasteiger partial charge in [-0.15, -0.1) is 0 Å². The summed E-state index contributed by atoms with van der Waals surface area (Å²) in [5, 5.41) is 12.1. The number of hydrogen-bond acceptors (Lipinski definition) is 4. The molecule has 1 unspecified atom stereocenters. The van der Waals surface area contributed by atoms with Crippen molar-refractivity contribution < 1.29 is 14.6 Å². The molecule has 19 heavy (non-hydrogen) atoms. The van der Waals surface area contributed by atoms with E-state index in [1.54, 1.807) is 19.2 Å². The lowest BCUT2D eigenvalue weighted by Gasteiger charge is -2.24. The minimum atomic E-state index is -1.02. The fourth-order valence-corrected chi connectivity index (χ4v) is 2.14. The Balaban J connectivity index is 2.44. The number of ether oxygens (including phenoxy) is 1. The minimum absolute atomic E-state index is 0.163. The molecule has 0 bridgehead atoms. The van der Waals surface area contributed by atoms with Gasteiger partial charge in [-0.1, -0.05) is 18.2 Å². The van der Waals surface area contributed by atoms with E-state index in [4.69, 9.17) is 10.5 Å². The second-order valence-corrected chi connectivity index (χ2v) is 4.36. The van der Waals surface area contributed by atoms with Crippen LogP contribution in [0.25, 0.3) is 0 Å². The van der Waals surface area contributed by atoms with Gasteiger partial charge in [0.1, 0.15) is 11.6 Å². The molecule has 1 aromatic rings. The first kappa shape index (κ1) is 13.0. The highest BCUT2D eigenvalue weighted by molar-refractivity contribution is 5.90. The van der Waals surface area contributed by atoms with E-state index in [-0.39, 0.29) is 17.3 Å². The lowest BCUT2D eigenvalue weighted by Crippen LogP contribution is -2.30. The number of nitrogens with two attached hydrogens (primary N) is 1. The number of nitrogens with one attached hydrogen (secondary N) is 1. The fourth-order valence-electron chi connectivity index (χ4n) is 2.14. The van der Waals surface area contributed by atoms with Gasteiger partial charge in [0.2, 0.25) is 0 Å². The Kier molecular flexibility index (Phi) is 3.46. The van der Waals surface area contributed by atoms with E-state index < -0.39 is 5.97 Å². The van der Waals surface area contributed by atoms with E-state index >= 15 is 0 Å². The topological polar surface area (TPSA) is 84.6 Å². The smallest absolute Gasteiger partial charge is 0.336 e. The van der Waals surface area contributed by atoms with Crippen LogP contribution in [0, 0.1) is 0 Å². The molecule has 0 spiro atoms. The number of carbonyl (C=O) groups is 1. The summed E-state index contributed by atoms with van der Waals surface area (Å²) < 4.78 is 5.09. The van der Waals surface area contributed by atoms with E-state index in [0.29, 0.717) is 0 Å². The van der Waals surface area contributed by atoms with Crippen molar-refractivity contribution in [2.45, 2.75) is 12.8 Å². The zero-order valence-corrected chi connectivity index (χ0v) is 10.8. The van der Waals surface area contributed by atoms with Gasteiger partial charge < -0.3 is 20.9 Å². The summed E-state index contributed by atoms with van der Waals surface area (Å²) in [4.78, 5) is 11.3. The molecule has 0 aromatic heterocycles. The lowest BCUT2D eigenvalue weighted by atomic mass is 9.88. The molecule has 1 aromatic carbocycles. The Bertz CT molecular complexity index is 559. The summed E-state index contributed by atoms with van der Waals surface area (Å²) in [7, 11) is 1.59. The monoisotopic (exact) mass is 260 g/mol. The second-order valence-electron chi connectivity index (χ2n) is 4.36. The molecule has 0 saturated carbocycles. The molecule has 0 amide bonds. The van der Waals surface area contributed by atoms with Crippen molar-refractivity contribution in [3.63, 3.8) is 0 Å². The number of carboxylic acids is 1. The summed E-state index contributed by atoms with van der Waals surface area (Å²) in [6, 6.07) is 7.29. The third-order valence-electron chi connectivity index (χ3n) is 3.06. The van der Waals surface area contributed by atoms with Gasteiger partial charge in [0.15, 0.2) is 0 Å². The maximum atomic E-state index is 11.3. The lowest BCUT2D eigenvalue weighted by molar-refractivity contribution is -0.133. The zero-order valence-electron chi connectivity index (χ0n) is 10.8.